The predicted octanol–water partition coefficient (Wildman–Crippen LogP) is 0.110. The molecule has 5 nitrogen and oxygen atoms in total. The van der Waals surface area contributed by atoms with Crippen molar-refractivity contribution in [2.45, 2.75) is 0 Å². The third-order valence-corrected chi connectivity index (χ3v) is 2.80. The van der Waals surface area contributed by atoms with Crippen LogP contribution >= 0.6 is 0 Å². The SMILES string of the molecule is OCC(CO)(CO)CO.c1ccc2[nH]ccc2c1. The summed E-state index contributed by atoms with van der Waals surface area (Å²) in [5.74, 6) is 0. The number of aromatic nitrogens is 1. The molecule has 0 saturated heterocycles. The van der Waals surface area contributed by atoms with E-state index in [0.717, 1.165) is 0 Å². The van der Waals surface area contributed by atoms with Crippen molar-refractivity contribution in [3.8, 4) is 0 Å². The number of nitrogens with one attached hydrogen (secondary N) is 1. The summed E-state index contributed by atoms with van der Waals surface area (Å²) in [5.41, 5.74) is 0.0949. The highest BCUT2D eigenvalue weighted by Gasteiger charge is 2.26. The minimum Gasteiger partial charge on any atom is -0.396 e. The van der Waals surface area contributed by atoms with Gasteiger partial charge in [0.15, 0.2) is 0 Å². The van der Waals surface area contributed by atoms with Gasteiger partial charge in [-0.15, -0.1) is 0 Å². The lowest BCUT2D eigenvalue weighted by molar-refractivity contribution is -0.0328. The van der Waals surface area contributed by atoms with E-state index in [4.69, 9.17) is 20.4 Å². The van der Waals surface area contributed by atoms with Gasteiger partial charge in [0, 0.05) is 11.7 Å². The molecule has 0 amide bonds. The van der Waals surface area contributed by atoms with Crippen LogP contribution in [0.25, 0.3) is 10.9 Å². The summed E-state index contributed by atoms with van der Waals surface area (Å²) in [6, 6.07) is 10.3. The van der Waals surface area contributed by atoms with Crippen molar-refractivity contribution in [1.82, 2.24) is 4.98 Å². The van der Waals surface area contributed by atoms with Gasteiger partial charge in [0.05, 0.1) is 31.8 Å². The molecule has 0 unspecified atom stereocenters. The third-order valence-electron chi connectivity index (χ3n) is 2.80. The molecule has 0 saturated carbocycles. The molecule has 1 aromatic heterocycles. The van der Waals surface area contributed by atoms with Crippen LogP contribution in [0.15, 0.2) is 36.5 Å². The smallest absolute Gasteiger partial charge is 0.0627 e. The van der Waals surface area contributed by atoms with Crippen molar-refractivity contribution >= 4 is 10.9 Å². The van der Waals surface area contributed by atoms with Crippen molar-refractivity contribution in [2.24, 2.45) is 5.41 Å². The quantitative estimate of drug-likeness (QED) is 0.534. The Kier molecular flexibility index (Phi) is 5.80. The Morgan fingerprint density at radius 2 is 1.39 bits per heavy atom. The highest BCUT2D eigenvalue weighted by Crippen LogP contribution is 2.12. The predicted molar refractivity (Wildman–Crippen MR) is 69.1 cm³/mol. The lowest BCUT2D eigenvalue weighted by atomic mass is 9.93. The van der Waals surface area contributed by atoms with Crippen LogP contribution in [0.1, 0.15) is 0 Å². The first kappa shape index (κ1) is 14.7. The van der Waals surface area contributed by atoms with Crippen LogP contribution in [-0.4, -0.2) is 51.8 Å². The van der Waals surface area contributed by atoms with Crippen molar-refractivity contribution < 1.29 is 20.4 Å². The molecule has 5 heteroatoms. The van der Waals surface area contributed by atoms with E-state index in [-0.39, 0.29) is 0 Å². The van der Waals surface area contributed by atoms with Crippen LogP contribution < -0.4 is 0 Å². The van der Waals surface area contributed by atoms with Gasteiger partial charge in [-0.3, -0.25) is 0 Å². The number of aromatic amines is 1. The standard InChI is InChI=1S/C8H7N.C5H12O4/c1-2-4-8-7(3-1)5-6-9-8;6-1-5(2-7,3-8)4-9/h1-6,9H;6-9H,1-4H2. The number of rotatable bonds is 4. The van der Waals surface area contributed by atoms with Gasteiger partial charge in [-0.05, 0) is 17.5 Å². The molecule has 0 bridgehead atoms. The number of benzene rings is 1. The highest BCUT2D eigenvalue weighted by atomic mass is 16.3. The minimum atomic E-state index is -1.11. The molecule has 0 radical (unpaired) electrons. The Morgan fingerprint density at radius 1 is 0.833 bits per heavy atom. The lowest BCUT2D eigenvalue weighted by Gasteiger charge is -2.23. The normalized spacial score (nSPS) is 11.1. The van der Waals surface area contributed by atoms with Crippen molar-refractivity contribution in [3.05, 3.63) is 36.5 Å². The topological polar surface area (TPSA) is 96.7 Å². The summed E-state index contributed by atoms with van der Waals surface area (Å²) in [4.78, 5) is 3.12. The maximum atomic E-state index is 8.50. The van der Waals surface area contributed by atoms with Crippen molar-refractivity contribution in [3.63, 3.8) is 0 Å². The Morgan fingerprint density at radius 3 is 1.83 bits per heavy atom. The summed E-state index contributed by atoms with van der Waals surface area (Å²) in [6.45, 7) is -1.62. The average Bonchev–Trinajstić information content (AvgIpc) is 2.91. The number of hydrogen-bond donors (Lipinski definition) is 5. The van der Waals surface area contributed by atoms with E-state index in [1.54, 1.807) is 0 Å². The number of para-hydroxylation sites is 1. The van der Waals surface area contributed by atoms with Crippen molar-refractivity contribution in [1.29, 1.82) is 0 Å². The molecule has 0 aliphatic heterocycles. The molecular weight excluding hydrogens is 234 g/mol. The van der Waals surface area contributed by atoms with Crippen LogP contribution in [0.3, 0.4) is 0 Å². The fourth-order valence-corrected chi connectivity index (χ4v) is 1.30. The molecule has 1 heterocycles. The zero-order chi connectivity index (χ0) is 13.4. The zero-order valence-corrected chi connectivity index (χ0v) is 10.1. The van der Waals surface area contributed by atoms with Crippen LogP contribution in [0.4, 0.5) is 0 Å². The minimum absolute atomic E-state index is 0.406. The van der Waals surface area contributed by atoms with E-state index in [1.165, 1.54) is 10.9 Å². The van der Waals surface area contributed by atoms with Gasteiger partial charge in [0.25, 0.3) is 0 Å². The second kappa shape index (κ2) is 7.13. The second-order valence-electron chi connectivity index (χ2n) is 4.20. The fourth-order valence-electron chi connectivity index (χ4n) is 1.30. The number of aliphatic hydroxyl groups excluding tert-OH is 4. The van der Waals surface area contributed by atoms with Crippen molar-refractivity contribution in [2.75, 3.05) is 26.4 Å². The van der Waals surface area contributed by atoms with E-state index in [9.17, 15) is 0 Å². The molecule has 5 N–H and O–H groups in total. The molecule has 100 valence electrons. The lowest BCUT2D eigenvalue weighted by Crippen LogP contribution is -2.37. The van der Waals surface area contributed by atoms with E-state index < -0.39 is 31.8 Å². The summed E-state index contributed by atoms with van der Waals surface area (Å²) < 4.78 is 0. The number of hydrogen-bond acceptors (Lipinski definition) is 4. The Hall–Kier alpha value is -1.40. The van der Waals surface area contributed by atoms with Crippen LogP contribution in [0.2, 0.25) is 0 Å². The second-order valence-corrected chi connectivity index (χ2v) is 4.20. The zero-order valence-electron chi connectivity index (χ0n) is 10.1. The number of fused-ring (bicyclic) bond motifs is 1. The van der Waals surface area contributed by atoms with Crippen LogP contribution in [-0.2, 0) is 0 Å². The van der Waals surface area contributed by atoms with Gasteiger partial charge in [-0.1, -0.05) is 18.2 Å². The summed E-state index contributed by atoms with van der Waals surface area (Å²) in [6.07, 6.45) is 1.95. The molecule has 1 aromatic carbocycles. The molecular formula is C13H19NO4. The van der Waals surface area contributed by atoms with E-state index >= 15 is 0 Å². The first-order valence-electron chi connectivity index (χ1n) is 5.67. The summed E-state index contributed by atoms with van der Waals surface area (Å²) >= 11 is 0. The molecule has 0 spiro atoms. The molecule has 0 fully saturated rings. The largest absolute Gasteiger partial charge is 0.396 e. The first-order valence-corrected chi connectivity index (χ1v) is 5.67. The van der Waals surface area contributed by atoms with Gasteiger partial charge in [-0.2, -0.15) is 0 Å². The van der Waals surface area contributed by atoms with E-state index in [1.807, 2.05) is 18.3 Å². The Bertz CT molecular complexity index is 403. The molecule has 2 rings (SSSR count). The molecule has 2 aromatic rings. The molecule has 18 heavy (non-hydrogen) atoms. The number of aliphatic hydroxyl groups is 4. The van der Waals surface area contributed by atoms with Gasteiger partial charge in [0.2, 0.25) is 0 Å². The first-order chi connectivity index (χ1) is 8.71. The Labute approximate surface area is 105 Å². The monoisotopic (exact) mass is 253 g/mol. The average molecular weight is 253 g/mol. The van der Waals surface area contributed by atoms with Gasteiger partial charge in [-0.25, -0.2) is 0 Å². The van der Waals surface area contributed by atoms with Crippen LogP contribution in [0.5, 0.6) is 0 Å². The molecule has 0 aliphatic rings. The third kappa shape index (κ3) is 3.54. The molecule has 0 atom stereocenters. The Balaban J connectivity index is 0.000000180. The van der Waals surface area contributed by atoms with Gasteiger partial charge >= 0.3 is 0 Å². The van der Waals surface area contributed by atoms with Gasteiger partial charge < -0.3 is 25.4 Å². The van der Waals surface area contributed by atoms with Crippen LogP contribution in [0, 0.1) is 5.41 Å². The van der Waals surface area contributed by atoms with E-state index in [0.29, 0.717) is 0 Å². The van der Waals surface area contributed by atoms with Gasteiger partial charge in [0.1, 0.15) is 0 Å². The summed E-state index contributed by atoms with van der Waals surface area (Å²) in [7, 11) is 0. The molecule has 0 aliphatic carbocycles. The van der Waals surface area contributed by atoms with E-state index in [2.05, 4.69) is 23.2 Å². The maximum absolute atomic E-state index is 8.50. The summed E-state index contributed by atoms with van der Waals surface area (Å²) in [5, 5.41) is 35.3. The fraction of sp³-hybridized carbons (Fsp3) is 0.385. The maximum Gasteiger partial charge on any atom is 0.0627 e. The highest BCUT2D eigenvalue weighted by molar-refractivity contribution is 5.78. The number of H-pyrrole nitrogens is 1.